The second-order valence-electron chi connectivity index (χ2n) is 8.44. The summed E-state index contributed by atoms with van der Waals surface area (Å²) in [7, 11) is 0. The van der Waals surface area contributed by atoms with E-state index in [2.05, 4.69) is 27.3 Å². The van der Waals surface area contributed by atoms with E-state index < -0.39 is 0 Å². The number of ether oxygens (including phenoxy) is 1. The van der Waals surface area contributed by atoms with Crippen LogP contribution in [0.5, 0.6) is 5.75 Å². The zero-order valence-electron chi connectivity index (χ0n) is 20.7. The molecule has 2 N–H and O–H groups in total. The van der Waals surface area contributed by atoms with E-state index in [1.165, 1.54) is 0 Å². The average molecular weight is 482 g/mol. The number of rotatable bonds is 10. The van der Waals surface area contributed by atoms with Gasteiger partial charge in [-0.3, -0.25) is 9.59 Å². The van der Waals surface area contributed by atoms with Gasteiger partial charge in [0.1, 0.15) is 5.75 Å². The van der Waals surface area contributed by atoms with Crippen LogP contribution in [0.25, 0.3) is 11.3 Å². The lowest BCUT2D eigenvalue weighted by molar-refractivity contribution is 0.0927. The second kappa shape index (κ2) is 11.9. The Kier molecular flexibility index (Phi) is 8.19. The summed E-state index contributed by atoms with van der Waals surface area (Å²) in [6.07, 6.45) is 0. The van der Waals surface area contributed by atoms with Crippen molar-refractivity contribution in [3.05, 3.63) is 113 Å². The first-order valence-electron chi connectivity index (χ1n) is 12.2. The van der Waals surface area contributed by atoms with Crippen molar-refractivity contribution in [2.75, 3.05) is 19.7 Å². The lowest BCUT2D eigenvalue weighted by atomic mass is 10.1. The molecular weight excluding hydrogens is 450 g/mol. The van der Waals surface area contributed by atoms with Crippen molar-refractivity contribution in [3.63, 3.8) is 0 Å². The van der Waals surface area contributed by atoms with Gasteiger partial charge in [-0.25, -0.2) is 0 Å². The van der Waals surface area contributed by atoms with Gasteiger partial charge in [-0.2, -0.15) is 0 Å². The van der Waals surface area contributed by atoms with Gasteiger partial charge in [-0.05, 0) is 55.3 Å². The van der Waals surface area contributed by atoms with Crippen LogP contribution in [0, 0.1) is 6.92 Å². The number of amides is 2. The minimum Gasteiger partial charge on any atom is -0.494 e. The van der Waals surface area contributed by atoms with Gasteiger partial charge in [0.05, 0.1) is 12.2 Å². The van der Waals surface area contributed by atoms with Gasteiger partial charge in [0.2, 0.25) is 0 Å². The zero-order valence-corrected chi connectivity index (χ0v) is 20.7. The monoisotopic (exact) mass is 481 g/mol. The minimum atomic E-state index is -0.191. The van der Waals surface area contributed by atoms with Crippen LogP contribution in [0.1, 0.15) is 38.9 Å². The van der Waals surface area contributed by atoms with E-state index in [-0.39, 0.29) is 11.8 Å². The SMILES string of the molecule is CCOc1ccc(C(=O)NCCNC(=O)c2cc(-c3ccccc3)n(Cc3ccccc3)c2C)cc1. The number of carbonyl (C=O) groups is 2. The number of nitrogens with zero attached hydrogens (tertiary/aromatic N) is 1. The largest absolute Gasteiger partial charge is 0.494 e. The molecule has 4 aromatic rings. The molecule has 1 heterocycles. The molecule has 2 amide bonds. The Labute approximate surface area is 211 Å². The van der Waals surface area contributed by atoms with E-state index in [4.69, 9.17) is 4.74 Å². The summed E-state index contributed by atoms with van der Waals surface area (Å²) in [4.78, 5) is 25.5. The van der Waals surface area contributed by atoms with E-state index in [1.54, 1.807) is 24.3 Å². The van der Waals surface area contributed by atoms with Crippen LogP contribution in [0.15, 0.2) is 91.0 Å². The first-order valence-corrected chi connectivity index (χ1v) is 12.2. The fourth-order valence-corrected chi connectivity index (χ4v) is 4.11. The van der Waals surface area contributed by atoms with Crippen molar-refractivity contribution in [1.29, 1.82) is 0 Å². The van der Waals surface area contributed by atoms with E-state index in [9.17, 15) is 9.59 Å². The predicted molar refractivity (Wildman–Crippen MR) is 142 cm³/mol. The quantitative estimate of drug-likeness (QED) is 0.311. The molecule has 184 valence electrons. The second-order valence-corrected chi connectivity index (χ2v) is 8.44. The van der Waals surface area contributed by atoms with E-state index in [0.29, 0.717) is 37.4 Å². The summed E-state index contributed by atoms with van der Waals surface area (Å²) in [5.74, 6) is 0.376. The number of hydrogen-bond donors (Lipinski definition) is 2. The molecule has 0 atom stereocenters. The third-order valence-corrected chi connectivity index (χ3v) is 5.99. The molecule has 0 saturated heterocycles. The molecule has 0 unspecified atom stereocenters. The Morgan fingerprint density at radius 2 is 1.42 bits per heavy atom. The number of nitrogens with one attached hydrogen (secondary N) is 2. The Morgan fingerprint density at radius 1 is 0.806 bits per heavy atom. The Bertz CT molecular complexity index is 1300. The fraction of sp³-hybridized carbons (Fsp3) is 0.200. The predicted octanol–water partition coefficient (Wildman–Crippen LogP) is 5.07. The molecule has 36 heavy (non-hydrogen) atoms. The maximum atomic E-state index is 13.1. The van der Waals surface area contributed by atoms with E-state index >= 15 is 0 Å². The number of aromatic nitrogens is 1. The van der Waals surface area contributed by atoms with Crippen LogP contribution < -0.4 is 15.4 Å². The number of benzene rings is 3. The number of carbonyl (C=O) groups excluding carboxylic acids is 2. The summed E-state index contributed by atoms with van der Waals surface area (Å²) >= 11 is 0. The van der Waals surface area contributed by atoms with Gasteiger partial charge < -0.3 is 19.9 Å². The van der Waals surface area contributed by atoms with Crippen molar-refractivity contribution in [2.45, 2.75) is 20.4 Å². The van der Waals surface area contributed by atoms with Gasteiger partial charge in [-0.15, -0.1) is 0 Å². The van der Waals surface area contributed by atoms with Crippen molar-refractivity contribution in [1.82, 2.24) is 15.2 Å². The highest BCUT2D eigenvalue weighted by atomic mass is 16.5. The maximum Gasteiger partial charge on any atom is 0.253 e. The normalized spacial score (nSPS) is 10.6. The third kappa shape index (κ3) is 6.02. The first-order chi connectivity index (χ1) is 17.6. The highest BCUT2D eigenvalue weighted by Gasteiger charge is 2.18. The van der Waals surface area contributed by atoms with Crippen molar-refractivity contribution in [2.24, 2.45) is 0 Å². The zero-order chi connectivity index (χ0) is 25.3. The molecule has 0 saturated carbocycles. The molecule has 3 aromatic carbocycles. The topological polar surface area (TPSA) is 72.4 Å². The van der Waals surface area contributed by atoms with Gasteiger partial charge >= 0.3 is 0 Å². The first kappa shape index (κ1) is 24.8. The molecule has 0 aliphatic heterocycles. The fourth-order valence-electron chi connectivity index (χ4n) is 4.11. The molecule has 0 spiro atoms. The minimum absolute atomic E-state index is 0.160. The van der Waals surface area contributed by atoms with E-state index in [0.717, 1.165) is 28.3 Å². The molecule has 0 aliphatic rings. The average Bonchev–Trinajstić information content (AvgIpc) is 3.24. The van der Waals surface area contributed by atoms with Gasteiger partial charge in [-0.1, -0.05) is 60.7 Å². The lowest BCUT2D eigenvalue weighted by Crippen LogP contribution is -2.34. The Balaban J connectivity index is 1.41. The Morgan fingerprint density at radius 3 is 2.06 bits per heavy atom. The molecular formula is C30H31N3O3. The van der Waals surface area contributed by atoms with Crippen LogP contribution in [0.3, 0.4) is 0 Å². The van der Waals surface area contributed by atoms with Crippen molar-refractivity contribution in [3.8, 4) is 17.0 Å². The molecule has 6 nitrogen and oxygen atoms in total. The summed E-state index contributed by atoms with van der Waals surface area (Å²) in [6.45, 7) is 5.78. The van der Waals surface area contributed by atoms with Crippen LogP contribution >= 0.6 is 0 Å². The molecule has 0 aliphatic carbocycles. The van der Waals surface area contributed by atoms with Gasteiger partial charge in [0.15, 0.2) is 0 Å². The van der Waals surface area contributed by atoms with Crippen LogP contribution in [-0.2, 0) is 6.54 Å². The summed E-state index contributed by atoms with van der Waals surface area (Å²) in [5, 5.41) is 5.79. The van der Waals surface area contributed by atoms with Crippen LogP contribution in [-0.4, -0.2) is 36.1 Å². The maximum absolute atomic E-state index is 13.1. The summed E-state index contributed by atoms with van der Waals surface area (Å²) < 4.78 is 7.58. The Hall–Kier alpha value is -4.32. The molecule has 6 heteroatoms. The molecule has 0 fully saturated rings. The standard InChI is InChI=1S/C30H31N3O3/c1-3-36-26-16-14-25(15-17-26)29(34)31-18-19-32-30(35)27-20-28(24-12-8-5-9-13-24)33(22(27)2)21-23-10-6-4-7-11-23/h4-17,20H,3,18-19,21H2,1-2H3,(H,31,34)(H,32,35). The van der Waals surface area contributed by atoms with Gasteiger partial charge in [0.25, 0.3) is 11.8 Å². The molecule has 1 aromatic heterocycles. The van der Waals surface area contributed by atoms with Crippen molar-refractivity contribution >= 4 is 11.8 Å². The summed E-state index contributed by atoms with van der Waals surface area (Å²) in [6, 6.07) is 29.2. The van der Waals surface area contributed by atoms with E-state index in [1.807, 2.05) is 68.4 Å². The van der Waals surface area contributed by atoms with Gasteiger partial charge in [0, 0.05) is 36.6 Å². The highest BCUT2D eigenvalue weighted by molar-refractivity contribution is 5.97. The smallest absolute Gasteiger partial charge is 0.253 e. The summed E-state index contributed by atoms with van der Waals surface area (Å²) in [5.41, 5.74) is 5.28. The molecule has 0 radical (unpaired) electrons. The van der Waals surface area contributed by atoms with Crippen LogP contribution in [0.2, 0.25) is 0 Å². The highest BCUT2D eigenvalue weighted by Crippen LogP contribution is 2.27. The van der Waals surface area contributed by atoms with Crippen molar-refractivity contribution < 1.29 is 14.3 Å². The lowest BCUT2D eigenvalue weighted by Gasteiger charge is -2.12. The molecule has 0 bridgehead atoms. The van der Waals surface area contributed by atoms with Crippen LogP contribution in [0.4, 0.5) is 0 Å². The number of hydrogen-bond acceptors (Lipinski definition) is 3. The third-order valence-electron chi connectivity index (χ3n) is 5.99. The molecule has 4 rings (SSSR count).